The van der Waals surface area contributed by atoms with Crippen molar-refractivity contribution >= 4 is 59.3 Å². The molecule has 1 aromatic rings. The van der Waals surface area contributed by atoms with Gasteiger partial charge in [-0.2, -0.15) is 16.1 Å². The SMILES string of the molecule is Nc1cc(Br)c(S(=O)(=O)N2CCCSCC2)c(Br)c1. The predicted octanol–water partition coefficient (Wildman–Crippen LogP) is 2.92. The van der Waals surface area contributed by atoms with E-state index in [0.29, 0.717) is 27.7 Å². The summed E-state index contributed by atoms with van der Waals surface area (Å²) in [7, 11) is -3.49. The predicted molar refractivity (Wildman–Crippen MR) is 87.0 cm³/mol. The average Bonchev–Trinajstić information content (AvgIpc) is 2.55. The zero-order valence-corrected chi connectivity index (χ0v) is 14.9. The molecule has 1 aliphatic heterocycles. The van der Waals surface area contributed by atoms with Gasteiger partial charge >= 0.3 is 0 Å². The van der Waals surface area contributed by atoms with E-state index < -0.39 is 10.0 Å². The van der Waals surface area contributed by atoms with Gasteiger partial charge in [0.25, 0.3) is 0 Å². The Bertz CT molecular complexity index is 547. The summed E-state index contributed by atoms with van der Waals surface area (Å²) >= 11 is 8.39. The van der Waals surface area contributed by atoms with Crippen molar-refractivity contribution in [3.8, 4) is 0 Å². The van der Waals surface area contributed by atoms with Gasteiger partial charge in [0.1, 0.15) is 4.90 Å². The molecule has 1 aromatic carbocycles. The number of nitrogens with zero attached hydrogens (tertiary/aromatic N) is 1. The first-order chi connectivity index (χ1) is 8.93. The first-order valence-corrected chi connectivity index (χ1v) is 9.93. The van der Waals surface area contributed by atoms with Crippen LogP contribution in [0, 0.1) is 0 Å². The van der Waals surface area contributed by atoms with E-state index in [1.165, 1.54) is 0 Å². The minimum Gasteiger partial charge on any atom is -0.399 e. The van der Waals surface area contributed by atoms with Gasteiger partial charge in [0, 0.05) is 33.5 Å². The minimum atomic E-state index is -3.49. The molecule has 1 saturated heterocycles. The Morgan fingerprint density at radius 2 is 1.79 bits per heavy atom. The molecule has 2 N–H and O–H groups in total. The van der Waals surface area contributed by atoms with Crippen molar-refractivity contribution in [3.63, 3.8) is 0 Å². The quantitative estimate of drug-likeness (QED) is 0.734. The van der Waals surface area contributed by atoms with Crippen molar-refractivity contribution in [2.75, 3.05) is 30.3 Å². The number of thioether (sulfide) groups is 1. The largest absolute Gasteiger partial charge is 0.399 e. The normalized spacial score (nSPS) is 18.2. The molecule has 4 nitrogen and oxygen atoms in total. The Balaban J connectivity index is 2.44. The lowest BCUT2D eigenvalue weighted by atomic mass is 10.3. The number of sulfonamides is 1. The van der Waals surface area contributed by atoms with E-state index in [1.807, 2.05) is 0 Å². The number of hydrogen-bond acceptors (Lipinski definition) is 4. The molecule has 106 valence electrons. The fraction of sp³-hybridized carbons (Fsp3) is 0.455. The van der Waals surface area contributed by atoms with Crippen LogP contribution in [-0.2, 0) is 10.0 Å². The van der Waals surface area contributed by atoms with Gasteiger partial charge in [0.05, 0.1) is 0 Å². The van der Waals surface area contributed by atoms with Crippen molar-refractivity contribution in [2.45, 2.75) is 11.3 Å². The summed E-state index contributed by atoms with van der Waals surface area (Å²) in [5, 5.41) is 0. The van der Waals surface area contributed by atoms with E-state index in [9.17, 15) is 8.42 Å². The summed E-state index contributed by atoms with van der Waals surface area (Å²) in [4.78, 5) is 0.258. The fourth-order valence-electron chi connectivity index (χ4n) is 1.92. The van der Waals surface area contributed by atoms with Crippen LogP contribution in [0.2, 0.25) is 0 Å². The van der Waals surface area contributed by atoms with Crippen LogP contribution in [0.3, 0.4) is 0 Å². The summed E-state index contributed by atoms with van der Waals surface area (Å²) in [6, 6.07) is 3.23. The molecule has 8 heteroatoms. The summed E-state index contributed by atoms with van der Waals surface area (Å²) in [5.74, 6) is 1.85. The molecule has 0 radical (unpaired) electrons. The van der Waals surface area contributed by atoms with Crippen LogP contribution in [-0.4, -0.2) is 37.3 Å². The van der Waals surface area contributed by atoms with Gasteiger partial charge in [-0.1, -0.05) is 0 Å². The second-order valence-electron chi connectivity index (χ2n) is 4.18. The molecule has 0 unspecified atom stereocenters. The van der Waals surface area contributed by atoms with Crippen LogP contribution < -0.4 is 5.73 Å². The molecule has 0 amide bonds. The topological polar surface area (TPSA) is 63.4 Å². The van der Waals surface area contributed by atoms with E-state index in [1.54, 1.807) is 28.2 Å². The maximum absolute atomic E-state index is 12.7. The van der Waals surface area contributed by atoms with Crippen molar-refractivity contribution in [3.05, 3.63) is 21.1 Å². The molecule has 1 aliphatic rings. The standard InChI is InChI=1S/C11H14Br2N2O2S2/c12-9-6-8(14)7-10(13)11(9)19(16,17)15-2-1-4-18-5-3-15/h6-7H,1-5,14H2. The Hall–Kier alpha value is 0.240. The lowest BCUT2D eigenvalue weighted by Gasteiger charge is -2.21. The molecule has 1 fully saturated rings. The van der Waals surface area contributed by atoms with Gasteiger partial charge in [-0.05, 0) is 56.2 Å². The summed E-state index contributed by atoms with van der Waals surface area (Å²) in [6.07, 6.45) is 0.883. The average molecular weight is 430 g/mol. The minimum absolute atomic E-state index is 0.258. The Morgan fingerprint density at radius 1 is 1.16 bits per heavy atom. The van der Waals surface area contributed by atoms with Gasteiger partial charge in [-0.3, -0.25) is 0 Å². The number of nitrogen functional groups attached to an aromatic ring is 1. The monoisotopic (exact) mass is 428 g/mol. The molecule has 19 heavy (non-hydrogen) atoms. The number of halogens is 2. The first kappa shape index (κ1) is 15.6. The molecular weight excluding hydrogens is 416 g/mol. The maximum atomic E-state index is 12.7. The molecule has 0 aliphatic carbocycles. The Labute approximate surface area is 134 Å². The van der Waals surface area contributed by atoms with Crippen LogP contribution >= 0.6 is 43.6 Å². The van der Waals surface area contributed by atoms with Crippen molar-refractivity contribution < 1.29 is 8.42 Å². The number of anilines is 1. The van der Waals surface area contributed by atoms with Crippen molar-refractivity contribution in [1.82, 2.24) is 4.31 Å². The van der Waals surface area contributed by atoms with Crippen molar-refractivity contribution in [1.29, 1.82) is 0 Å². The van der Waals surface area contributed by atoms with Crippen LogP contribution in [0.15, 0.2) is 26.0 Å². The highest BCUT2D eigenvalue weighted by Crippen LogP contribution is 2.34. The van der Waals surface area contributed by atoms with E-state index >= 15 is 0 Å². The maximum Gasteiger partial charge on any atom is 0.245 e. The second-order valence-corrected chi connectivity index (χ2v) is 8.99. The third kappa shape index (κ3) is 3.47. The van der Waals surface area contributed by atoms with Gasteiger partial charge < -0.3 is 5.73 Å². The summed E-state index contributed by atoms with van der Waals surface area (Å²) in [5.41, 5.74) is 6.22. The van der Waals surface area contributed by atoms with E-state index in [4.69, 9.17) is 5.73 Å². The van der Waals surface area contributed by atoms with Crippen LogP contribution in [0.25, 0.3) is 0 Å². The molecule has 1 heterocycles. The van der Waals surface area contributed by atoms with E-state index in [-0.39, 0.29) is 4.90 Å². The van der Waals surface area contributed by atoms with Crippen LogP contribution in [0.4, 0.5) is 5.69 Å². The second kappa shape index (κ2) is 6.34. The molecule has 0 bridgehead atoms. The van der Waals surface area contributed by atoms with Gasteiger partial charge in [-0.15, -0.1) is 0 Å². The van der Waals surface area contributed by atoms with Gasteiger partial charge in [0.2, 0.25) is 10.0 Å². The molecule has 0 atom stereocenters. The highest BCUT2D eigenvalue weighted by molar-refractivity contribution is 9.11. The highest BCUT2D eigenvalue weighted by atomic mass is 79.9. The van der Waals surface area contributed by atoms with Gasteiger partial charge in [0.15, 0.2) is 0 Å². The number of rotatable bonds is 2. The molecule has 0 spiro atoms. The van der Waals surface area contributed by atoms with E-state index in [0.717, 1.165) is 17.9 Å². The lowest BCUT2D eigenvalue weighted by molar-refractivity contribution is 0.434. The number of hydrogen-bond donors (Lipinski definition) is 1. The van der Waals surface area contributed by atoms with Crippen LogP contribution in [0.5, 0.6) is 0 Å². The Morgan fingerprint density at radius 3 is 2.42 bits per heavy atom. The zero-order chi connectivity index (χ0) is 14.0. The number of benzene rings is 1. The smallest absolute Gasteiger partial charge is 0.245 e. The fourth-order valence-corrected chi connectivity index (χ4v) is 6.94. The van der Waals surface area contributed by atoms with Gasteiger partial charge in [-0.25, -0.2) is 8.42 Å². The summed E-state index contributed by atoms with van der Waals surface area (Å²) in [6.45, 7) is 1.12. The van der Waals surface area contributed by atoms with Crippen LogP contribution in [0.1, 0.15) is 6.42 Å². The molecule has 2 rings (SSSR count). The number of nitrogens with two attached hydrogens (primary N) is 1. The highest BCUT2D eigenvalue weighted by Gasteiger charge is 2.29. The third-order valence-corrected chi connectivity index (χ3v) is 7.62. The molecule has 0 aromatic heterocycles. The summed E-state index contributed by atoms with van der Waals surface area (Å²) < 4.78 is 28.0. The molecule has 0 saturated carbocycles. The van der Waals surface area contributed by atoms with E-state index in [2.05, 4.69) is 31.9 Å². The molecular formula is C11H14Br2N2O2S2. The Kier molecular flexibility index (Phi) is 5.21. The van der Waals surface area contributed by atoms with Crippen molar-refractivity contribution in [2.24, 2.45) is 0 Å². The first-order valence-electron chi connectivity index (χ1n) is 5.75. The third-order valence-electron chi connectivity index (χ3n) is 2.80. The lowest BCUT2D eigenvalue weighted by Crippen LogP contribution is -2.33. The zero-order valence-electron chi connectivity index (χ0n) is 10.1.